The monoisotopic (exact) mass is 338 g/mol. The molecular formula is C14H12BrFN2S. The molecule has 2 nitrogen and oxygen atoms in total. The summed E-state index contributed by atoms with van der Waals surface area (Å²) in [4.78, 5) is 0. The minimum Gasteiger partial charge on any atom is -0.332 e. The zero-order valence-electron chi connectivity index (χ0n) is 10.2. The molecule has 0 atom stereocenters. The molecule has 0 saturated heterocycles. The summed E-state index contributed by atoms with van der Waals surface area (Å²) in [6.45, 7) is 1.98. The molecule has 0 aliphatic carbocycles. The molecule has 0 aliphatic heterocycles. The number of hydrogen-bond donors (Lipinski definition) is 2. The molecule has 5 heteroatoms. The van der Waals surface area contributed by atoms with Gasteiger partial charge in [0.1, 0.15) is 5.82 Å². The van der Waals surface area contributed by atoms with E-state index in [1.54, 1.807) is 12.1 Å². The van der Waals surface area contributed by atoms with Gasteiger partial charge in [-0.1, -0.05) is 22.0 Å². The number of halogens is 2. The molecule has 98 valence electrons. The average Bonchev–Trinajstić information content (AvgIpc) is 2.33. The SMILES string of the molecule is Cc1cc(Br)ccc1NC(=S)Nc1cccc(F)c1. The second-order valence-electron chi connectivity index (χ2n) is 4.05. The van der Waals surface area contributed by atoms with Gasteiger partial charge in [0.25, 0.3) is 0 Å². The second-order valence-corrected chi connectivity index (χ2v) is 5.37. The molecule has 0 aliphatic rings. The summed E-state index contributed by atoms with van der Waals surface area (Å²) >= 11 is 8.60. The number of nitrogens with one attached hydrogen (secondary N) is 2. The summed E-state index contributed by atoms with van der Waals surface area (Å²) in [5.41, 5.74) is 2.60. The molecule has 0 radical (unpaired) electrons. The Balaban J connectivity index is 2.05. The van der Waals surface area contributed by atoms with Crippen LogP contribution in [0.3, 0.4) is 0 Å². The first-order chi connectivity index (χ1) is 9.04. The fourth-order valence-corrected chi connectivity index (χ4v) is 2.32. The Morgan fingerprint density at radius 2 is 1.95 bits per heavy atom. The van der Waals surface area contributed by atoms with E-state index < -0.39 is 0 Å². The second kappa shape index (κ2) is 6.12. The molecule has 2 aromatic rings. The van der Waals surface area contributed by atoms with Gasteiger partial charge in [0.05, 0.1) is 0 Å². The van der Waals surface area contributed by atoms with Crippen LogP contribution in [0, 0.1) is 12.7 Å². The van der Waals surface area contributed by atoms with Gasteiger partial charge < -0.3 is 10.6 Å². The van der Waals surface area contributed by atoms with Gasteiger partial charge in [0.2, 0.25) is 0 Å². The number of thiocarbonyl (C=S) groups is 1. The Morgan fingerprint density at radius 1 is 1.16 bits per heavy atom. The summed E-state index contributed by atoms with van der Waals surface area (Å²) in [5, 5.41) is 6.45. The molecule has 0 saturated carbocycles. The quantitative estimate of drug-likeness (QED) is 0.775. The van der Waals surface area contributed by atoms with Gasteiger partial charge in [-0.3, -0.25) is 0 Å². The van der Waals surface area contributed by atoms with Crippen molar-refractivity contribution in [2.75, 3.05) is 10.6 Å². The smallest absolute Gasteiger partial charge is 0.175 e. The number of hydrogen-bond acceptors (Lipinski definition) is 1. The lowest BCUT2D eigenvalue weighted by molar-refractivity contribution is 0.628. The number of aryl methyl sites for hydroxylation is 1. The predicted octanol–water partition coefficient (Wildman–Crippen LogP) is 4.71. The average molecular weight is 339 g/mol. The van der Waals surface area contributed by atoms with Crippen molar-refractivity contribution in [3.8, 4) is 0 Å². The van der Waals surface area contributed by atoms with Crippen molar-refractivity contribution >= 4 is 44.6 Å². The third kappa shape index (κ3) is 4.01. The van der Waals surface area contributed by atoms with Crippen molar-refractivity contribution in [1.82, 2.24) is 0 Å². The van der Waals surface area contributed by atoms with Crippen LogP contribution in [0.5, 0.6) is 0 Å². The minimum absolute atomic E-state index is 0.298. The van der Waals surface area contributed by atoms with Crippen LogP contribution in [0.15, 0.2) is 46.9 Å². The van der Waals surface area contributed by atoms with E-state index in [0.29, 0.717) is 10.8 Å². The van der Waals surface area contributed by atoms with E-state index >= 15 is 0 Å². The fourth-order valence-electron chi connectivity index (χ4n) is 1.62. The molecule has 2 N–H and O–H groups in total. The van der Waals surface area contributed by atoms with Gasteiger partial charge in [-0.25, -0.2) is 4.39 Å². The molecule has 0 bridgehead atoms. The van der Waals surface area contributed by atoms with Gasteiger partial charge in [-0.2, -0.15) is 0 Å². The molecular weight excluding hydrogens is 327 g/mol. The van der Waals surface area contributed by atoms with E-state index in [4.69, 9.17) is 12.2 Å². The molecule has 0 amide bonds. The van der Waals surface area contributed by atoms with E-state index in [0.717, 1.165) is 15.7 Å². The van der Waals surface area contributed by atoms with Crippen molar-refractivity contribution in [2.24, 2.45) is 0 Å². The first-order valence-electron chi connectivity index (χ1n) is 5.64. The van der Waals surface area contributed by atoms with Crippen LogP contribution in [0.2, 0.25) is 0 Å². The maximum absolute atomic E-state index is 13.0. The van der Waals surface area contributed by atoms with E-state index in [1.165, 1.54) is 12.1 Å². The van der Waals surface area contributed by atoms with Crippen LogP contribution in [-0.2, 0) is 0 Å². The predicted molar refractivity (Wildman–Crippen MR) is 85.1 cm³/mol. The summed E-state index contributed by atoms with van der Waals surface area (Å²) < 4.78 is 14.1. The van der Waals surface area contributed by atoms with Crippen molar-refractivity contribution in [1.29, 1.82) is 0 Å². The largest absolute Gasteiger partial charge is 0.332 e. The highest BCUT2D eigenvalue weighted by Gasteiger charge is 2.03. The molecule has 0 spiro atoms. The van der Waals surface area contributed by atoms with Crippen LogP contribution in [0.4, 0.5) is 15.8 Å². The van der Waals surface area contributed by atoms with Crippen LogP contribution in [0.25, 0.3) is 0 Å². The summed E-state index contributed by atoms with van der Waals surface area (Å²) in [6, 6.07) is 12.0. The molecule has 2 rings (SSSR count). The van der Waals surface area contributed by atoms with Gasteiger partial charge in [0.15, 0.2) is 5.11 Å². The maximum atomic E-state index is 13.0. The van der Waals surface area contributed by atoms with Crippen molar-refractivity contribution in [3.63, 3.8) is 0 Å². The standard InChI is InChI=1S/C14H12BrFN2S/c1-9-7-10(15)5-6-13(9)18-14(19)17-12-4-2-3-11(16)8-12/h2-8H,1H3,(H2,17,18,19). The Labute approximate surface area is 125 Å². The Morgan fingerprint density at radius 3 is 2.63 bits per heavy atom. The number of rotatable bonds is 2. The third-order valence-corrected chi connectivity index (χ3v) is 3.22. The Hall–Kier alpha value is -1.46. The first-order valence-corrected chi connectivity index (χ1v) is 6.84. The Bertz CT molecular complexity index is 616. The van der Waals surface area contributed by atoms with Crippen molar-refractivity contribution in [3.05, 3.63) is 58.3 Å². The number of benzene rings is 2. The van der Waals surface area contributed by atoms with E-state index in [9.17, 15) is 4.39 Å². The summed E-state index contributed by atoms with van der Waals surface area (Å²) in [7, 11) is 0. The lowest BCUT2D eigenvalue weighted by Crippen LogP contribution is -2.19. The fraction of sp³-hybridized carbons (Fsp3) is 0.0714. The van der Waals surface area contributed by atoms with Gasteiger partial charge in [-0.15, -0.1) is 0 Å². The van der Waals surface area contributed by atoms with E-state index in [1.807, 2.05) is 25.1 Å². The normalized spacial score (nSPS) is 10.1. The third-order valence-electron chi connectivity index (χ3n) is 2.52. The molecule has 0 aromatic heterocycles. The summed E-state index contributed by atoms with van der Waals surface area (Å²) in [6.07, 6.45) is 0. The molecule has 0 heterocycles. The van der Waals surface area contributed by atoms with E-state index in [-0.39, 0.29) is 5.82 Å². The minimum atomic E-state index is -0.298. The zero-order valence-corrected chi connectivity index (χ0v) is 12.6. The summed E-state index contributed by atoms with van der Waals surface area (Å²) in [5.74, 6) is -0.298. The molecule has 0 unspecified atom stereocenters. The van der Waals surface area contributed by atoms with Gasteiger partial charge in [-0.05, 0) is 61.1 Å². The van der Waals surface area contributed by atoms with Crippen LogP contribution in [0.1, 0.15) is 5.56 Å². The first kappa shape index (κ1) is 14.0. The highest BCUT2D eigenvalue weighted by molar-refractivity contribution is 9.10. The van der Waals surface area contributed by atoms with Crippen molar-refractivity contribution < 1.29 is 4.39 Å². The van der Waals surface area contributed by atoms with Crippen LogP contribution >= 0.6 is 28.1 Å². The van der Waals surface area contributed by atoms with Gasteiger partial charge >= 0.3 is 0 Å². The topological polar surface area (TPSA) is 24.1 Å². The molecule has 19 heavy (non-hydrogen) atoms. The maximum Gasteiger partial charge on any atom is 0.175 e. The highest BCUT2D eigenvalue weighted by atomic mass is 79.9. The van der Waals surface area contributed by atoms with Gasteiger partial charge in [0, 0.05) is 15.8 Å². The lowest BCUT2D eigenvalue weighted by Gasteiger charge is -2.12. The molecule has 0 fully saturated rings. The van der Waals surface area contributed by atoms with E-state index in [2.05, 4.69) is 26.6 Å². The number of anilines is 2. The zero-order chi connectivity index (χ0) is 13.8. The van der Waals surface area contributed by atoms with Crippen LogP contribution < -0.4 is 10.6 Å². The van der Waals surface area contributed by atoms with Crippen LogP contribution in [-0.4, -0.2) is 5.11 Å². The highest BCUT2D eigenvalue weighted by Crippen LogP contribution is 2.20. The van der Waals surface area contributed by atoms with Crippen molar-refractivity contribution in [2.45, 2.75) is 6.92 Å². The Kier molecular flexibility index (Phi) is 4.50. The lowest BCUT2D eigenvalue weighted by atomic mass is 10.2. The molecule has 2 aromatic carbocycles.